The van der Waals surface area contributed by atoms with E-state index in [2.05, 4.69) is 12.6 Å². The SMILES string of the molecule is FCC([S])(Cl)Cl. The van der Waals surface area contributed by atoms with Gasteiger partial charge in [0.05, 0.1) is 0 Å². The van der Waals surface area contributed by atoms with Gasteiger partial charge in [-0.05, 0) is 12.6 Å². The lowest BCUT2D eigenvalue weighted by atomic mass is 10.9. The van der Waals surface area contributed by atoms with Gasteiger partial charge in [0.15, 0.2) is 0 Å². The third kappa shape index (κ3) is 4.86. The number of hydrogen-bond donors (Lipinski definition) is 0. The molecule has 0 spiro atoms. The van der Waals surface area contributed by atoms with E-state index in [0.29, 0.717) is 0 Å². The van der Waals surface area contributed by atoms with Crippen molar-refractivity contribution >= 4 is 35.8 Å². The zero-order chi connectivity index (χ0) is 5.21. The summed E-state index contributed by atoms with van der Waals surface area (Å²) in [6.07, 6.45) is 0. The topological polar surface area (TPSA) is 0 Å². The van der Waals surface area contributed by atoms with Crippen LogP contribution in [0, 0.1) is 0 Å². The van der Waals surface area contributed by atoms with E-state index in [4.69, 9.17) is 23.2 Å². The molecule has 0 rings (SSSR count). The van der Waals surface area contributed by atoms with Gasteiger partial charge < -0.3 is 0 Å². The molecule has 0 aromatic carbocycles. The van der Waals surface area contributed by atoms with Crippen LogP contribution in [0.25, 0.3) is 0 Å². The van der Waals surface area contributed by atoms with Crippen LogP contribution < -0.4 is 0 Å². The van der Waals surface area contributed by atoms with Crippen LogP contribution in [0.5, 0.6) is 0 Å². The maximum absolute atomic E-state index is 11.1. The molecule has 37 valence electrons. The molecule has 1 radical (unpaired) electrons. The van der Waals surface area contributed by atoms with Gasteiger partial charge in [-0.25, -0.2) is 4.39 Å². The Balaban J connectivity index is 3.17. The third-order valence-electron chi connectivity index (χ3n) is 0.156. The molecule has 0 aliphatic heterocycles. The van der Waals surface area contributed by atoms with Crippen molar-refractivity contribution < 1.29 is 4.39 Å². The van der Waals surface area contributed by atoms with Crippen LogP contribution in [0.3, 0.4) is 0 Å². The maximum Gasteiger partial charge on any atom is 0.201 e. The molecule has 0 nitrogen and oxygen atoms in total. The average Bonchev–Trinajstić information content (AvgIpc) is 1.35. The average molecular weight is 148 g/mol. The van der Waals surface area contributed by atoms with Crippen molar-refractivity contribution in [1.29, 1.82) is 0 Å². The zero-order valence-electron chi connectivity index (χ0n) is 2.75. The van der Waals surface area contributed by atoms with E-state index >= 15 is 0 Å². The minimum absolute atomic E-state index is 0.883. The van der Waals surface area contributed by atoms with Gasteiger partial charge in [-0.3, -0.25) is 0 Å². The molecule has 0 atom stereocenters. The van der Waals surface area contributed by atoms with Gasteiger partial charge in [-0.15, -0.1) is 0 Å². The summed E-state index contributed by atoms with van der Waals surface area (Å²) in [5, 5.41) is 0. The highest BCUT2D eigenvalue weighted by Gasteiger charge is 2.16. The molecule has 0 amide bonds. The molecule has 4 heteroatoms. The molecule has 0 unspecified atom stereocenters. The Morgan fingerprint density at radius 1 is 1.67 bits per heavy atom. The van der Waals surface area contributed by atoms with Gasteiger partial charge in [0, 0.05) is 0 Å². The summed E-state index contributed by atoms with van der Waals surface area (Å²) in [5.41, 5.74) is 0. The first-order chi connectivity index (χ1) is 2.56. The van der Waals surface area contributed by atoms with Crippen molar-refractivity contribution in [3.05, 3.63) is 0 Å². The smallest absolute Gasteiger partial charge is 0.201 e. The standard InChI is InChI=1S/C2H2Cl2FS/c3-2(4,6)1-5/h1H2. The van der Waals surface area contributed by atoms with Gasteiger partial charge in [0.1, 0.15) is 6.67 Å². The molecule has 0 bridgehead atoms. The molecule has 0 saturated heterocycles. The van der Waals surface area contributed by atoms with E-state index in [9.17, 15) is 4.39 Å². The summed E-state index contributed by atoms with van der Waals surface area (Å²) in [6.45, 7) is -0.883. The summed E-state index contributed by atoms with van der Waals surface area (Å²) < 4.78 is 9.53. The first kappa shape index (κ1) is 6.86. The van der Waals surface area contributed by atoms with Crippen molar-refractivity contribution in [2.45, 2.75) is 3.67 Å². The lowest BCUT2D eigenvalue weighted by Crippen LogP contribution is -2.02. The molecule has 0 aliphatic carbocycles. The molecule has 0 aromatic heterocycles. The Labute approximate surface area is 51.0 Å². The Morgan fingerprint density at radius 2 is 1.83 bits per heavy atom. The fourth-order valence-electron chi connectivity index (χ4n) is 0. The normalized spacial score (nSPS) is 12.0. The van der Waals surface area contributed by atoms with Crippen LogP contribution in [0.4, 0.5) is 4.39 Å². The monoisotopic (exact) mass is 147 g/mol. The van der Waals surface area contributed by atoms with Gasteiger partial charge in [0.25, 0.3) is 0 Å². The summed E-state index contributed by atoms with van der Waals surface area (Å²) in [4.78, 5) is 0. The highest BCUT2D eigenvalue weighted by molar-refractivity contribution is 7.85. The number of halogens is 3. The van der Waals surface area contributed by atoms with Gasteiger partial charge in [0.2, 0.25) is 3.67 Å². The quantitative estimate of drug-likeness (QED) is 0.500. The van der Waals surface area contributed by atoms with Crippen LogP contribution in [0.15, 0.2) is 0 Å². The van der Waals surface area contributed by atoms with Crippen molar-refractivity contribution in [3.8, 4) is 0 Å². The fourth-order valence-corrected chi connectivity index (χ4v) is 0. The summed E-state index contributed by atoms with van der Waals surface area (Å²) in [6, 6.07) is 0. The first-order valence-corrected chi connectivity index (χ1v) is 2.37. The number of rotatable bonds is 1. The summed E-state index contributed by atoms with van der Waals surface area (Å²) >= 11 is 14.0. The van der Waals surface area contributed by atoms with Crippen molar-refractivity contribution in [3.63, 3.8) is 0 Å². The second-order valence-corrected chi connectivity index (χ2v) is 3.40. The van der Waals surface area contributed by atoms with E-state index in [1.165, 1.54) is 0 Å². The van der Waals surface area contributed by atoms with Crippen LogP contribution in [-0.4, -0.2) is 10.3 Å². The Hall–Kier alpha value is 0.860. The van der Waals surface area contributed by atoms with Crippen molar-refractivity contribution in [1.82, 2.24) is 0 Å². The summed E-state index contributed by atoms with van der Waals surface area (Å²) in [5.74, 6) is 0. The largest absolute Gasteiger partial charge is 0.247 e. The molecular formula is C2H2Cl2FS. The zero-order valence-corrected chi connectivity index (χ0v) is 5.08. The van der Waals surface area contributed by atoms with Gasteiger partial charge in [-0.1, -0.05) is 23.2 Å². The minimum atomic E-state index is -1.60. The van der Waals surface area contributed by atoms with E-state index in [1.807, 2.05) is 0 Å². The molecule has 0 N–H and O–H groups in total. The molecule has 0 aromatic rings. The van der Waals surface area contributed by atoms with Crippen molar-refractivity contribution in [2.24, 2.45) is 0 Å². The van der Waals surface area contributed by atoms with E-state index in [0.717, 1.165) is 0 Å². The van der Waals surface area contributed by atoms with Gasteiger partial charge in [-0.2, -0.15) is 0 Å². The highest BCUT2D eigenvalue weighted by Crippen LogP contribution is 2.24. The fraction of sp³-hybridized carbons (Fsp3) is 1.00. The second kappa shape index (κ2) is 2.24. The third-order valence-corrected chi connectivity index (χ3v) is 0.467. The van der Waals surface area contributed by atoms with Crippen LogP contribution in [0.1, 0.15) is 0 Å². The predicted octanol–water partition coefficient (Wildman–Crippen LogP) is 2.28. The van der Waals surface area contributed by atoms with Crippen LogP contribution in [0.2, 0.25) is 0 Å². The van der Waals surface area contributed by atoms with Crippen molar-refractivity contribution in [2.75, 3.05) is 6.67 Å². The van der Waals surface area contributed by atoms with Crippen LogP contribution >= 0.6 is 35.8 Å². The van der Waals surface area contributed by atoms with E-state index in [1.54, 1.807) is 0 Å². The molecule has 0 heterocycles. The van der Waals surface area contributed by atoms with Gasteiger partial charge >= 0.3 is 0 Å². The molecular weight excluding hydrogens is 146 g/mol. The molecule has 0 fully saturated rings. The number of alkyl halides is 3. The molecule has 6 heavy (non-hydrogen) atoms. The first-order valence-electron chi connectivity index (χ1n) is 1.20. The molecule has 0 aliphatic rings. The van der Waals surface area contributed by atoms with Crippen LogP contribution in [-0.2, 0) is 0 Å². The summed E-state index contributed by atoms with van der Waals surface area (Å²) in [7, 11) is 0. The minimum Gasteiger partial charge on any atom is -0.247 e. The Bertz CT molecular complexity index is 41.3. The number of hydrogen-bond acceptors (Lipinski definition) is 0. The Morgan fingerprint density at radius 3 is 1.83 bits per heavy atom. The lowest BCUT2D eigenvalue weighted by Gasteiger charge is -2.00. The highest BCUT2D eigenvalue weighted by atomic mass is 35.5. The molecule has 0 saturated carbocycles. The second-order valence-electron chi connectivity index (χ2n) is 0.771. The maximum atomic E-state index is 11.1. The van der Waals surface area contributed by atoms with E-state index in [-0.39, 0.29) is 0 Å². The lowest BCUT2D eigenvalue weighted by molar-refractivity contribution is 0.507. The predicted molar refractivity (Wildman–Crippen MR) is 28.0 cm³/mol. The van der Waals surface area contributed by atoms with E-state index < -0.39 is 10.3 Å². The Kier molecular flexibility index (Phi) is 2.56.